The van der Waals surface area contributed by atoms with Gasteiger partial charge in [0.05, 0.1) is 17.9 Å². The number of hydrogen-bond acceptors (Lipinski definition) is 4. The third kappa shape index (κ3) is 3.11. The van der Waals surface area contributed by atoms with E-state index in [0.29, 0.717) is 4.88 Å². The van der Waals surface area contributed by atoms with Crippen LogP contribution in [0.4, 0.5) is 0 Å². The first-order chi connectivity index (χ1) is 11.4. The third-order valence-electron chi connectivity index (χ3n) is 4.48. The van der Waals surface area contributed by atoms with Crippen molar-refractivity contribution in [2.24, 2.45) is 5.92 Å². The topological polar surface area (TPSA) is 66.8 Å². The van der Waals surface area contributed by atoms with Crippen LogP contribution in [0, 0.1) is 12.8 Å². The summed E-state index contributed by atoms with van der Waals surface area (Å²) in [6.07, 6.45) is 1.91. The van der Waals surface area contributed by atoms with Crippen LogP contribution < -0.4 is 4.74 Å². The van der Waals surface area contributed by atoms with E-state index in [1.807, 2.05) is 25.1 Å². The lowest BCUT2D eigenvalue weighted by atomic mass is 10.1. The second-order valence-electron chi connectivity index (χ2n) is 6.35. The van der Waals surface area contributed by atoms with Crippen LogP contribution in [0.25, 0.3) is 10.1 Å². The highest BCUT2D eigenvalue weighted by atomic mass is 32.1. The Labute approximate surface area is 144 Å². The Morgan fingerprint density at radius 1 is 1.42 bits per heavy atom. The summed E-state index contributed by atoms with van der Waals surface area (Å²) in [6, 6.07) is 5.97. The number of methoxy groups -OCH3 is 1. The van der Waals surface area contributed by atoms with Crippen molar-refractivity contribution in [3.8, 4) is 5.75 Å². The number of amides is 1. The number of nitrogens with zero attached hydrogens (tertiary/aromatic N) is 1. The molecule has 1 saturated carbocycles. The van der Waals surface area contributed by atoms with Gasteiger partial charge >= 0.3 is 5.97 Å². The second kappa shape index (κ2) is 6.43. The van der Waals surface area contributed by atoms with Crippen molar-refractivity contribution in [3.05, 3.63) is 28.6 Å². The number of carbonyl (C=O) groups is 2. The molecular weight excluding hydrogens is 326 g/mol. The molecule has 1 unspecified atom stereocenters. The molecule has 128 valence electrons. The molecule has 1 fully saturated rings. The number of benzene rings is 1. The molecule has 3 rings (SSSR count). The van der Waals surface area contributed by atoms with E-state index in [0.717, 1.165) is 34.2 Å². The SMILES string of the molecule is COc1ccc2sc(C(=O)N(CC(C)C(=O)O)C3CC3)c(C)c2c1. The fourth-order valence-electron chi connectivity index (χ4n) is 2.82. The average molecular weight is 347 g/mol. The summed E-state index contributed by atoms with van der Waals surface area (Å²) in [6.45, 7) is 3.85. The summed E-state index contributed by atoms with van der Waals surface area (Å²) < 4.78 is 6.31. The molecule has 24 heavy (non-hydrogen) atoms. The van der Waals surface area contributed by atoms with Gasteiger partial charge in [-0.2, -0.15) is 0 Å². The molecule has 1 heterocycles. The minimum Gasteiger partial charge on any atom is -0.497 e. The molecule has 6 heteroatoms. The smallest absolute Gasteiger partial charge is 0.308 e. The first-order valence-corrected chi connectivity index (χ1v) is 8.85. The number of carboxylic acids is 1. The number of carbonyl (C=O) groups excluding carboxylic acids is 1. The molecule has 1 aromatic heterocycles. The van der Waals surface area contributed by atoms with Crippen molar-refractivity contribution in [2.45, 2.75) is 32.7 Å². The lowest BCUT2D eigenvalue weighted by Crippen LogP contribution is -2.38. The predicted molar refractivity (Wildman–Crippen MR) is 94.0 cm³/mol. The summed E-state index contributed by atoms with van der Waals surface area (Å²) in [5, 5.41) is 10.2. The van der Waals surface area contributed by atoms with Crippen molar-refractivity contribution in [2.75, 3.05) is 13.7 Å². The number of hydrogen-bond donors (Lipinski definition) is 1. The maximum Gasteiger partial charge on any atom is 0.308 e. The third-order valence-corrected chi connectivity index (χ3v) is 5.74. The van der Waals surface area contributed by atoms with Gasteiger partial charge in [0.1, 0.15) is 5.75 Å². The molecule has 0 saturated heterocycles. The summed E-state index contributed by atoms with van der Waals surface area (Å²) in [5.41, 5.74) is 0.938. The Morgan fingerprint density at radius 3 is 2.71 bits per heavy atom. The standard InChI is InChI=1S/C18H21NO4S/c1-10(18(21)22)9-19(12-4-5-12)17(20)16-11(2)14-8-13(23-3)6-7-15(14)24-16/h6-8,10,12H,4-5,9H2,1-3H3,(H,21,22). The first kappa shape index (κ1) is 16.8. The molecule has 1 N–H and O–H groups in total. The largest absolute Gasteiger partial charge is 0.497 e. The zero-order valence-electron chi connectivity index (χ0n) is 14.0. The van der Waals surface area contributed by atoms with Crippen molar-refractivity contribution in [1.29, 1.82) is 0 Å². The highest BCUT2D eigenvalue weighted by molar-refractivity contribution is 7.21. The molecule has 1 aliphatic rings. The van der Waals surface area contributed by atoms with Gasteiger partial charge in [0.25, 0.3) is 5.91 Å². The lowest BCUT2D eigenvalue weighted by molar-refractivity contribution is -0.141. The van der Waals surface area contributed by atoms with Crippen molar-refractivity contribution < 1.29 is 19.4 Å². The summed E-state index contributed by atoms with van der Waals surface area (Å²) >= 11 is 1.47. The fourth-order valence-corrected chi connectivity index (χ4v) is 3.96. The van der Waals surface area contributed by atoms with Gasteiger partial charge in [-0.15, -0.1) is 11.3 Å². The Hall–Kier alpha value is -2.08. The number of aryl methyl sites for hydroxylation is 1. The van der Waals surface area contributed by atoms with E-state index >= 15 is 0 Å². The Bertz CT molecular complexity index is 794. The number of ether oxygens (including phenoxy) is 1. The zero-order valence-corrected chi connectivity index (χ0v) is 14.9. The molecule has 1 aliphatic carbocycles. The minimum atomic E-state index is -0.869. The molecule has 5 nitrogen and oxygen atoms in total. The maximum atomic E-state index is 13.0. The molecule has 0 bridgehead atoms. The Morgan fingerprint density at radius 2 is 2.12 bits per heavy atom. The maximum absolute atomic E-state index is 13.0. The van der Waals surface area contributed by atoms with Gasteiger partial charge in [-0.25, -0.2) is 0 Å². The van der Waals surface area contributed by atoms with E-state index in [4.69, 9.17) is 9.84 Å². The van der Waals surface area contributed by atoms with Gasteiger partial charge in [-0.1, -0.05) is 6.92 Å². The average Bonchev–Trinajstić information content (AvgIpc) is 3.35. The van der Waals surface area contributed by atoms with Crippen LogP contribution in [0.3, 0.4) is 0 Å². The van der Waals surface area contributed by atoms with Crippen molar-refractivity contribution in [3.63, 3.8) is 0 Å². The number of aliphatic carboxylic acids is 1. The molecule has 0 aliphatic heterocycles. The van der Waals surface area contributed by atoms with E-state index in [9.17, 15) is 9.59 Å². The van der Waals surface area contributed by atoms with Crippen LogP contribution in [0.5, 0.6) is 5.75 Å². The van der Waals surface area contributed by atoms with Gasteiger partial charge in [0.15, 0.2) is 0 Å². The van der Waals surface area contributed by atoms with Gasteiger partial charge in [0.2, 0.25) is 0 Å². The fraction of sp³-hybridized carbons (Fsp3) is 0.444. The molecule has 1 amide bonds. The van der Waals surface area contributed by atoms with E-state index in [1.54, 1.807) is 18.9 Å². The second-order valence-corrected chi connectivity index (χ2v) is 7.40. The molecule has 0 spiro atoms. The van der Waals surface area contributed by atoms with Gasteiger partial charge in [-0.05, 0) is 48.9 Å². The number of thiophene rings is 1. The number of carboxylic acid groups (broad SMARTS) is 1. The highest BCUT2D eigenvalue weighted by Gasteiger charge is 2.36. The molecule has 0 radical (unpaired) electrons. The van der Waals surface area contributed by atoms with Crippen LogP contribution in [0.2, 0.25) is 0 Å². The van der Waals surface area contributed by atoms with Gasteiger partial charge < -0.3 is 14.7 Å². The summed E-state index contributed by atoms with van der Waals surface area (Å²) in [7, 11) is 1.62. The van der Waals surface area contributed by atoms with Gasteiger partial charge in [-0.3, -0.25) is 9.59 Å². The van der Waals surface area contributed by atoms with Crippen LogP contribution >= 0.6 is 11.3 Å². The van der Waals surface area contributed by atoms with Crippen LogP contribution in [0.1, 0.15) is 35.0 Å². The van der Waals surface area contributed by atoms with E-state index in [1.165, 1.54) is 11.3 Å². The summed E-state index contributed by atoms with van der Waals surface area (Å²) in [4.78, 5) is 26.6. The van der Waals surface area contributed by atoms with Gasteiger partial charge in [0, 0.05) is 17.3 Å². The van der Waals surface area contributed by atoms with Crippen molar-refractivity contribution >= 4 is 33.3 Å². The zero-order chi connectivity index (χ0) is 17.4. The summed E-state index contributed by atoms with van der Waals surface area (Å²) in [5.74, 6) is -0.722. The first-order valence-electron chi connectivity index (χ1n) is 8.03. The predicted octanol–water partition coefficient (Wildman–Crippen LogP) is 3.54. The molecule has 1 atom stereocenters. The number of rotatable bonds is 6. The van der Waals surface area contributed by atoms with Crippen LogP contribution in [-0.4, -0.2) is 41.6 Å². The molecule has 2 aromatic rings. The van der Waals surface area contributed by atoms with E-state index in [2.05, 4.69) is 0 Å². The monoisotopic (exact) mass is 347 g/mol. The minimum absolute atomic E-state index is 0.0525. The number of fused-ring (bicyclic) bond motifs is 1. The van der Waals surface area contributed by atoms with E-state index in [-0.39, 0.29) is 18.5 Å². The molecule has 1 aromatic carbocycles. The quantitative estimate of drug-likeness (QED) is 0.868. The Kier molecular flexibility index (Phi) is 4.49. The van der Waals surface area contributed by atoms with Crippen LogP contribution in [0.15, 0.2) is 18.2 Å². The lowest BCUT2D eigenvalue weighted by Gasteiger charge is -2.24. The van der Waals surface area contributed by atoms with E-state index < -0.39 is 11.9 Å². The van der Waals surface area contributed by atoms with Crippen molar-refractivity contribution in [1.82, 2.24) is 4.90 Å². The van der Waals surface area contributed by atoms with Crippen LogP contribution in [-0.2, 0) is 4.79 Å². The normalized spacial score (nSPS) is 15.3. The Balaban J connectivity index is 1.94. The molecular formula is C18H21NO4S. The highest BCUT2D eigenvalue weighted by Crippen LogP contribution is 2.36.